The Morgan fingerprint density at radius 2 is 1.83 bits per heavy atom. The van der Waals surface area contributed by atoms with Gasteiger partial charge in [0.2, 0.25) is 11.8 Å². The number of benzene rings is 1. The number of nitrogens with zero attached hydrogens (tertiary/aromatic N) is 2. The van der Waals surface area contributed by atoms with Crippen LogP contribution in [0.15, 0.2) is 36.4 Å². The fraction of sp³-hybridized carbons (Fsp3) is 0.231. The first-order chi connectivity index (χ1) is 8.74. The van der Waals surface area contributed by atoms with E-state index in [1.54, 1.807) is 6.07 Å². The monoisotopic (exact) mass is 244 g/mol. The van der Waals surface area contributed by atoms with Gasteiger partial charge in [0.1, 0.15) is 5.82 Å². The molecule has 5 nitrogen and oxygen atoms in total. The lowest BCUT2D eigenvalue weighted by Gasteiger charge is -2.06. The van der Waals surface area contributed by atoms with Crippen LogP contribution < -0.4 is 16.2 Å². The number of aromatic nitrogens is 2. The van der Waals surface area contributed by atoms with E-state index in [0.717, 1.165) is 12.8 Å². The maximum absolute atomic E-state index is 5.54. The van der Waals surface area contributed by atoms with Gasteiger partial charge >= 0.3 is 0 Å². The average molecular weight is 244 g/mol. The molecule has 0 atom stereocenters. The van der Waals surface area contributed by atoms with Gasteiger partial charge in [0.25, 0.3) is 0 Å². The molecular weight excluding hydrogens is 228 g/mol. The van der Waals surface area contributed by atoms with Crippen molar-refractivity contribution < 1.29 is 4.74 Å². The van der Waals surface area contributed by atoms with Crippen LogP contribution in [-0.2, 0) is 6.42 Å². The first kappa shape index (κ1) is 12.2. The van der Waals surface area contributed by atoms with Crippen molar-refractivity contribution in [3.63, 3.8) is 0 Å². The molecule has 0 amide bonds. The van der Waals surface area contributed by atoms with Crippen LogP contribution in [0, 0.1) is 0 Å². The molecule has 1 heterocycles. The van der Waals surface area contributed by atoms with Gasteiger partial charge in [-0.25, -0.2) is 0 Å². The molecule has 94 valence electrons. The maximum Gasteiger partial charge on any atom is 0.225 e. The summed E-state index contributed by atoms with van der Waals surface area (Å²) in [6.07, 6.45) is 1.88. The smallest absolute Gasteiger partial charge is 0.225 e. The highest BCUT2D eigenvalue weighted by atomic mass is 16.5. The van der Waals surface area contributed by atoms with Crippen molar-refractivity contribution in [1.82, 2.24) is 9.97 Å². The lowest BCUT2D eigenvalue weighted by molar-refractivity contribution is 0.299. The summed E-state index contributed by atoms with van der Waals surface area (Å²) in [6, 6.07) is 11.8. The van der Waals surface area contributed by atoms with Crippen molar-refractivity contribution in [2.75, 3.05) is 18.1 Å². The summed E-state index contributed by atoms with van der Waals surface area (Å²) in [6.45, 7) is 0.574. The van der Waals surface area contributed by atoms with E-state index < -0.39 is 0 Å². The molecule has 0 aliphatic heterocycles. The summed E-state index contributed by atoms with van der Waals surface area (Å²) in [4.78, 5) is 7.72. The van der Waals surface area contributed by atoms with Gasteiger partial charge in [0.05, 0.1) is 6.61 Å². The highest BCUT2D eigenvalue weighted by molar-refractivity contribution is 5.38. The van der Waals surface area contributed by atoms with Crippen molar-refractivity contribution in [2.45, 2.75) is 12.8 Å². The van der Waals surface area contributed by atoms with Crippen molar-refractivity contribution >= 4 is 11.8 Å². The van der Waals surface area contributed by atoms with Crippen molar-refractivity contribution in [3.05, 3.63) is 42.0 Å². The Bertz CT molecular complexity index is 481. The first-order valence-electron chi connectivity index (χ1n) is 5.81. The highest BCUT2D eigenvalue weighted by Crippen LogP contribution is 2.12. The second-order valence-corrected chi connectivity index (χ2v) is 3.93. The van der Waals surface area contributed by atoms with E-state index in [1.165, 1.54) is 5.56 Å². The normalized spacial score (nSPS) is 10.2. The van der Waals surface area contributed by atoms with Gasteiger partial charge in [-0.1, -0.05) is 30.3 Å². The Morgan fingerprint density at radius 3 is 2.56 bits per heavy atom. The Morgan fingerprint density at radius 1 is 1.06 bits per heavy atom. The van der Waals surface area contributed by atoms with Crippen molar-refractivity contribution in [2.24, 2.45) is 0 Å². The number of hydrogen-bond acceptors (Lipinski definition) is 5. The van der Waals surface area contributed by atoms with E-state index in [-0.39, 0.29) is 5.95 Å². The molecule has 0 radical (unpaired) electrons. The summed E-state index contributed by atoms with van der Waals surface area (Å²) < 4.78 is 5.48. The fourth-order valence-electron chi connectivity index (χ4n) is 1.63. The van der Waals surface area contributed by atoms with Crippen LogP contribution in [-0.4, -0.2) is 16.6 Å². The van der Waals surface area contributed by atoms with Crippen molar-refractivity contribution in [1.29, 1.82) is 0 Å². The SMILES string of the molecule is Nc1cc(OCCCc2ccccc2)nc(N)n1. The number of rotatable bonds is 5. The lowest BCUT2D eigenvalue weighted by atomic mass is 10.1. The zero-order valence-electron chi connectivity index (χ0n) is 10.0. The topological polar surface area (TPSA) is 87.0 Å². The molecule has 0 aliphatic rings. The summed E-state index contributed by atoms with van der Waals surface area (Å²) in [5, 5.41) is 0. The molecule has 0 aliphatic carbocycles. The van der Waals surface area contributed by atoms with Crippen LogP contribution in [0.5, 0.6) is 5.88 Å². The number of nitrogens with two attached hydrogens (primary N) is 2. The third-order valence-electron chi connectivity index (χ3n) is 2.44. The molecule has 18 heavy (non-hydrogen) atoms. The number of hydrogen-bond donors (Lipinski definition) is 2. The van der Waals surface area contributed by atoms with Crippen LogP contribution in [0.4, 0.5) is 11.8 Å². The van der Waals surface area contributed by atoms with Crippen molar-refractivity contribution in [3.8, 4) is 5.88 Å². The first-order valence-corrected chi connectivity index (χ1v) is 5.81. The van der Waals surface area contributed by atoms with E-state index >= 15 is 0 Å². The predicted octanol–water partition coefficient (Wildman–Crippen LogP) is 1.65. The summed E-state index contributed by atoms with van der Waals surface area (Å²) in [7, 11) is 0. The Balaban J connectivity index is 1.78. The highest BCUT2D eigenvalue weighted by Gasteiger charge is 2.00. The second-order valence-electron chi connectivity index (χ2n) is 3.93. The molecule has 4 N–H and O–H groups in total. The molecule has 0 saturated heterocycles. The number of ether oxygens (including phenoxy) is 1. The van der Waals surface area contributed by atoms with E-state index in [0.29, 0.717) is 18.3 Å². The third-order valence-corrected chi connectivity index (χ3v) is 2.44. The van der Waals surface area contributed by atoms with Crippen LogP contribution in [0.25, 0.3) is 0 Å². The van der Waals surface area contributed by atoms with Gasteiger partial charge in [-0.15, -0.1) is 0 Å². The molecule has 5 heteroatoms. The standard InChI is InChI=1S/C13H16N4O/c14-11-9-12(17-13(15)16-11)18-8-4-7-10-5-2-1-3-6-10/h1-3,5-6,9H,4,7-8H2,(H4,14,15,16,17). The van der Waals surface area contributed by atoms with Gasteiger partial charge in [-0.2, -0.15) is 9.97 Å². The quantitative estimate of drug-likeness (QED) is 0.781. The van der Waals surface area contributed by atoms with Gasteiger partial charge in [0.15, 0.2) is 0 Å². The molecule has 1 aromatic heterocycles. The van der Waals surface area contributed by atoms with E-state index in [2.05, 4.69) is 22.1 Å². The van der Waals surface area contributed by atoms with E-state index in [9.17, 15) is 0 Å². The number of anilines is 2. The van der Waals surface area contributed by atoms with Crippen LogP contribution in [0.3, 0.4) is 0 Å². The predicted molar refractivity (Wildman–Crippen MR) is 71.1 cm³/mol. The van der Waals surface area contributed by atoms with Crippen LogP contribution in [0.2, 0.25) is 0 Å². The lowest BCUT2D eigenvalue weighted by Crippen LogP contribution is -2.05. The molecule has 1 aromatic carbocycles. The minimum atomic E-state index is 0.132. The maximum atomic E-state index is 5.54. The average Bonchev–Trinajstić information content (AvgIpc) is 2.35. The summed E-state index contributed by atoms with van der Waals surface area (Å²) >= 11 is 0. The number of aryl methyl sites for hydroxylation is 1. The minimum absolute atomic E-state index is 0.132. The molecule has 0 fully saturated rings. The summed E-state index contributed by atoms with van der Waals surface area (Å²) in [5.41, 5.74) is 12.3. The Labute approximate surface area is 106 Å². The van der Waals surface area contributed by atoms with E-state index in [4.69, 9.17) is 16.2 Å². The largest absolute Gasteiger partial charge is 0.477 e. The van der Waals surface area contributed by atoms with Crippen LogP contribution in [0.1, 0.15) is 12.0 Å². The Kier molecular flexibility index (Phi) is 3.96. The molecule has 0 saturated carbocycles. The zero-order chi connectivity index (χ0) is 12.8. The molecule has 0 bridgehead atoms. The summed E-state index contributed by atoms with van der Waals surface area (Å²) in [5.74, 6) is 0.877. The third kappa shape index (κ3) is 3.62. The van der Waals surface area contributed by atoms with Crippen LogP contribution >= 0.6 is 0 Å². The van der Waals surface area contributed by atoms with Gasteiger partial charge < -0.3 is 16.2 Å². The van der Waals surface area contributed by atoms with Gasteiger partial charge in [-0.05, 0) is 18.4 Å². The second kappa shape index (κ2) is 5.86. The fourth-order valence-corrected chi connectivity index (χ4v) is 1.63. The molecule has 2 rings (SSSR count). The van der Waals surface area contributed by atoms with Gasteiger partial charge in [-0.3, -0.25) is 0 Å². The van der Waals surface area contributed by atoms with Gasteiger partial charge in [0, 0.05) is 6.07 Å². The molecule has 0 unspecified atom stereocenters. The zero-order valence-corrected chi connectivity index (χ0v) is 10.0. The number of nitrogen functional groups attached to an aromatic ring is 2. The molecule has 0 spiro atoms. The van der Waals surface area contributed by atoms with E-state index in [1.807, 2.05) is 18.2 Å². The molecule has 2 aromatic rings. The minimum Gasteiger partial charge on any atom is -0.477 e. The Hall–Kier alpha value is -2.30. The molecular formula is C13H16N4O.